The number of hydrogen-bond acceptors (Lipinski definition) is 3. The van der Waals surface area contributed by atoms with Crippen LogP contribution in [0.4, 0.5) is 10.1 Å². The minimum atomic E-state index is -0.593. The third-order valence-electron chi connectivity index (χ3n) is 1.41. The van der Waals surface area contributed by atoms with Crippen LogP contribution >= 0.6 is 0 Å². The zero-order chi connectivity index (χ0) is 9.84. The quantitative estimate of drug-likeness (QED) is 0.656. The summed E-state index contributed by atoms with van der Waals surface area (Å²) in [6.07, 6.45) is 1.23. The summed E-state index contributed by atoms with van der Waals surface area (Å²) in [5.41, 5.74) is 5.74. The standard InChI is InChI=1S/C8H10FN3O/c1-5(10)8(13)12-6-2-3-7(9)11-4-6/h2-5H,10H2,1H3,(H,12,13). The fourth-order valence-corrected chi connectivity index (χ4v) is 0.706. The second kappa shape index (κ2) is 3.95. The molecule has 1 rings (SSSR count). The van der Waals surface area contributed by atoms with Crippen molar-refractivity contribution in [3.05, 3.63) is 24.3 Å². The molecular formula is C8H10FN3O. The minimum Gasteiger partial charge on any atom is -0.323 e. The molecule has 0 aliphatic carbocycles. The average molecular weight is 183 g/mol. The van der Waals surface area contributed by atoms with Gasteiger partial charge in [-0.15, -0.1) is 0 Å². The predicted octanol–water partition coefficient (Wildman–Crippen LogP) is 0.506. The summed E-state index contributed by atoms with van der Waals surface area (Å²) < 4.78 is 12.3. The number of hydrogen-bond donors (Lipinski definition) is 2. The number of halogens is 1. The van der Waals surface area contributed by atoms with Gasteiger partial charge in [0.25, 0.3) is 0 Å². The second-order valence-electron chi connectivity index (χ2n) is 2.65. The van der Waals surface area contributed by atoms with Gasteiger partial charge in [-0.2, -0.15) is 4.39 Å². The second-order valence-corrected chi connectivity index (χ2v) is 2.65. The SMILES string of the molecule is CC(N)C(=O)Nc1ccc(F)nc1. The van der Waals surface area contributed by atoms with Crippen LogP contribution < -0.4 is 11.1 Å². The number of carbonyl (C=O) groups is 1. The number of rotatable bonds is 2. The number of anilines is 1. The molecule has 70 valence electrons. The number of nitrogens with one attached hydrogen (secondary N) is 1. The maximum absolute atomic E-state index is 12.3. The molecule has 1 aromatic heterocycles. The Hall–Kier alpha value is -1.49. The maximum atomic E-state index is 12.3. The van der Waals surface area contributed by atoms with E-state index in [0.717, 1.165) is 6.07 Å². The average Bonchev–Trinajstić information content (AvgIpc) is 2.08. The zero-order valence-corrected chi connectivity index (χ0v) is 7.12. The van der Waals surface area contributed by atoms with Crippen molar-refractivity contribution in [2.75, 3.05) is 5.32 Å². The molecule has 0 fully saturated rings. The molecule has 1 heterocycles. The smallest absolute Gasteiger partial charge is 0.241 e. The monoisotopic (exact) mass is 183 g/mol. The number of amides is 1. The Kier molecular flexibility index (Phi) is 2.92. The molecule has 0 aliphatic heterocycles. The highest BCUT2D eigenvalue weighted by atomic mass is 19.1. The lowest BCUT2D eigenvalue weighted by Crippen LogP contribution is -2.32. The molecule has 0 aliphatic rings. The van der Waals surface area contributed by atoms with Crippen molar-refractivity contribution in [3.8, 4) is 0 Å². The van der Waals surface area contributed by atoms with E-state index in [-0.39, 0.29) is 5.91 Å². The van der Waals surface area contributed by atoms with Crippen LogP contribution in [0.25, 0.3) is 0 Å². The van der Waals surface area contributed by atoms with Gasteiger partial charge in [0.1, 0.15) is 0 Å². The predicted molar refractivity (Wildman–Crippen MR) is 46.5 cm³/mol. The first-order valence-electron chi connectivity index (χ1n) is 3.77. The Labute approximate surface area is 75.0 Å². The summed E-state index contributed by atoms with van der Waals surface area (Å²) in [7, 11) is 0. The van der Waals surface area contributed by atoms with E-state index in [2.05, 4.69) is 10.3 Å². The van der Waals surface area contributed by atoms with Crippen molar-refractivity contribution in [2.24, 2.45) is 5.73 Å². The van der Waals surface area contributed by atoms with E-state index >= 15 is 0 Å². The lowest BCUT2D eigenvalue weighted by atomic mass is 10.3. The van der Waals surface area contributed by atoms with E-state index < -0.39 is 12.0 Å². The molecule has 4 nitrogen and oxygen atoms in total. The lowest BCUT2D eigenvalue weighted by Gasteiger charge is -2.06. The molecule has 1 amide bonds. The van der Waals surface area contributed by atoms with Crippen LogP contribution in [-0.4, -0.2) is 16.9 Å². The van der Waals surface area contributed by atoms with Crippen molar-refractivity contribution >= 4 is 11.6 Å². The van der Waals surface area contributed by atoms with Gasteiger partial charge < -0.3 is 11.1 Å². The third kappa shape index (κ3) is 2.79. The summed E-state index contributed by atoms with van der Waals surface area (Å²) >= 11 is 0. The van der Waals surface area contributed by atoms with Gasteiger partial charge in [0.15, 0.2) is 0 Å². The number of aromatic nitrogens is 1. The normalized spacial score (nSPS) is 12.2. The molecule has 1 aromatic rings. The molecule has 13 heavy (non-hydrogen) atoms. The van der Waals surface area contributed by atoms with Crippen LogP contribution in [0.2, 0.25) is 0 Å². The van der Waals surface area contributed by atoms with Gasteiger partial charge in [-0.25, -0.2) is 4.98 Å². The molecule has 5 heteroatoms. The highest BCUT2D eigenvalue weighted by Gasteiger charge is 2.06. The number of pyridine rings is 1. The summed E-state index contributed by atoms with van der Waals surface area (Å²) in [4.78, 5) is 14.4. The third-order valence-corrected chi connectivity index (χ3v) is 1.41. The summed E-state index contributed by atoms with van der Waals surface area (Å²) in [6, 6.07) is 1.99. The van der Waals surface area contributed by atoms with Gasteiger partial charge in [0.05, 0.1) is 17.9 Å². The van der Waals surface area contributed by atoms with Crippen LogP contribution in [0.15, 0.2) is 18.3 Å². The molecule has 0 radical (unpaired) electrons. The highest BCUT2D eigenvalue weighted by molar-refractivity contribution is 5.94. The first-order valence-corrected chi connectivity index (χ1v) is 3.77. The summed E-state index contributed by atoms with van der Waals surface area (Å²) in [5, 5.41) is 2.48. The van der Waals surface area contributed by atoms with Crippen LogP contribution in [0.3, 0.4) is 0 Å². The van der Waals surface area contributed by atoms with Gasteiger partial charge in [-0.3, -0.25) is 4.79 Å². The van der Waals surface area contributed by atoms with Gasteiger partial charge >= 0.3 is 0 Å². The molecule has 0 saturated carbocycles. The summed E-state index contributed by atoms with van der Waals surface area (Å²) in [6.45, 7) is 1.56. The molecule has 0 saturated heterocycles. The minimum absolute atomic E-state index is 0.326. The van der Waals surface area contributed by atoms with Gasteiger partial charge in [0, 0.05) is 0 Å². The highest BCUT2D eigenvalue weighted by Crippen LogP contribution is 2.04. The first kappa shape index (κ1) is 9.60. The topological polar surface area (TPSA) is 68.0 Å². The molecule has 1 unspecified atom stereocenters. The van der Waals surface area contributed by atoms with E-state index in [9.17, 15) is 9.18 Å². The summed E-state index contributed by atoms with van der Waals surface area (Å²) in [5.74, 6) is -0.910. The van der Waals surface area contributed by atoms with Crippen molar-refractivity contribution in [2.45, 2.75) is 13.0 Å². The van der Waals surface area contributed by atoms with E-state index in [1.54, 1.807) is 6.92 Å². The van der Waals surface area contributed by atoms with Crippen LogP contribution in [-0.2, 0) is 4.79 Å². The fraction of sp³-hybridized carbons (Fsp3) is 0.250. The molecule has 0 spiro atoms. The number of carbonyl (C=O) groups excluding carboxylic acids is 1. The first-order chi connectivity index (χ1) is 6.09. The number of nitrogens with zero attached hydrogens (tertiary/aromatic N) is 1. The van der Waals surface area contributed by atoms with Crippen LogP contribution in [0.1, 0.15) is 6.92 Å². The van der Waals surface area contributed by atoms with E-state index in [0.29, 0.717) is 5.69 Å². The van der Waals surface area contributed by atoms with E-state index in [4.69, 9.17) is 5.73 Å². The molecule has 0 aromatic carbocycles. The Morgan fingerprint density at radius 3 is 2.85 bits per heavy atom. The largest absolute Gasteiger partial charge is 0.323 e. The van der Waals surface area contributed by atoms with E-state index in [1.807, 2.05) is 0 Å². The molecular weight excluding hydrogens is 173 g/mol. The van der Waals surface area contributed by atoms with Gasteiger partial charge in [0.2, 0.25) is 11.9 Å². The zero-order valence-electron chi connectivity index (χ0n) is 7.12. The van der Waals surface area contributed by atoms with Crippen molar-refractivity contribution < 1.29 is 9.18 Å². The van der Waals surface area contributed by atoms with Gasteiger partial charge in [-0.05, 0) is 19.1 Å². The van der Waals surface area contributed by atoms with Crippen LogP contribution in [0.5, 0.6) is 0 Å². The number of nitrogens with two attached hydrogens (primary N) is 1. The Bertz CT molecular complexity index is 297. The Morgan fingerprint density at radius 1 is 1.69 bits per heavy atom. The lowest BCUT2D eigenvalue weighted by molar-refractivity contribution is -0.117. The fourth-order valence-electron chi connectivity index (χ4n) is 0.706. The van der Waals surface area contributed by atoms with Crippen molar-refractivity contribution in [1.29, 1.82) is 0 Å². The molecule has 0 bridgehead atoms. The Balaban J connectivity index is 2.65. The van der Waals surface area contributed by atoms with Crippen molar-refractivity contribution in [3.63, 3.8) is 0 Å². The van der Waals surface area contributed by atoms with E-state index in [1.165, 1.54) is 12.3 Å². The molecule has 1 atom stereocenters. The van der Waals surface area contributed by atoms with Crippen molar-refractivity contribution in [1.82, 2.24) is 4.98 Å². The van der Waals surface area contributed by atoms with Crippen LogP contribution in [0, 0.1) is 5.95 Å². The maximum Gasteiger partial charge on any atom is 0.241 e. The van der Waals surface area contributed by atoms with Gasteiger partial charge in [-0.1, -0.05) is 0 Å². The Morgan fingerprint density at radius 2 is 2.38 bits per heavy atom. The molecule has 3 N–H and O–H groups in total.